The molecule has 0 saturated heterocycles. The molecule has 0 fully saturated rings. The summed E-state index contributed by atoms with van der Waals surface area (Å²) in [7, 11) is 0. The molecule has 0 amide bonds. The van der Waals surface area contributed by atoms with Crippen molar-refractivity contribution in [2.75, 3.05) is 0 Å². The third kappa shape index (κ3) is 3.13. The molecule has 0 aliphatic heterocycles. The van der Waals surface area contributed by atoms with Crippen LogP contribution in [-0.2, 0) is 6.61 Å². The smallest absolute Gasteiger partial charge is 0.132 e. The third-order valence-corrected chi connectivity index (χ3v) is 4.11. The maximum absolute atomic E-state index is 13.4. The lowest BCUT2D eigenvalue weighted by atomic mass is 10.1. The zero-order valence-corrected chi connectivity index (χ0v) is 12.2. The fraction of sp³-hybridized carbons (Fsp3) is 0.200. The Bertz CT molecular complexity index is 568. The molecule has 2 rings (SSSR count). The molecule has 0 aliphatic rings. The highest BCUT2D eigenvalue weighted by molar-refractivity contribution is 9.10. The highest BCUT2D eigenvalue weighted by Gasteiger charge is 2.10. The topological polar surface area (TPSA) is 9.23 Å². The molecule has 0 atom stereocenters. The molecule has 0 N–H and O–H groups in total. The number of benzene rings is 2. The molecule has 4 heteroatoms. The summed E-state index contributed by atoms with van der Waals surface area (Å²) in [6.45, 7) is 3.75. The Balaban J connectivity index is 2.19. The van der Waals surface area contributed by atoms with E-state index in [1.54, 1.807) is 0 Å². The van der Waals surface area contributed by atoms with Gasteiger partial charge in [0, 0.05) is 4.47 Å². The minimum atomic E-state index is -0.592. The van der Waals surface area contributed by atoms with E-state index in [9.17, 15) is 8.78 Å². The Kier molecular flexibility index (Phi) is 4.20. The van der Waals surface area contributed by atoms with Crippen LogP contribution < -0.4 is 4.74 Å². The lowest BCUT2D eigenvalue weighted by Crippen LogP contribution is -2.02. The van der Waals surface area contributed by atoms with Gasteiger partial charge in [-0.3, -0.25) is 0 Å². The summed E-state index contributed by atoms with van der Waals surface area (Å²) in [5.74, 6) is -0.586. The van der Waals surface area contributed by atoms with Crippen molar-refractivity contribution in [3.63, 3.8) is 0 Å². The van der Waals surface area contributed by atoms with E-state index in [2.05, 4.69) is 15.9 Å². The first-order chi connectivity index (χ1) is 8.99. The van der Waals surface area contributed by atoms with Crippen LogP contribution in [0.2, 0.25) is 0 Å². The summed E-state index contributed by atoms with van der Waals surface area (Å²) in [5.41, 5.74) is 1.98. The van der Waals surface area contributed by atoms with Gasteiger partial charge in [0.25, 0.3) is 0 Å². The van der Waals surface area contributed by atoms with Gasteiger partial charge >= 0.3 is 0 Å². The van der Waals surface area contributed by atoms with E-state index in [0.29, 0.717) is 5.75 Å². The van der Waals surface area contributed by atoms with Gasteiger partial charge in [0.1, 0.15) is 24.0 Å². The first-order valence-corrected chi connectivity index (χ1v) is 6.61. The summed E-state index contributed by atoms with van der Waals surface area (Å²) in [6, 6.07) is 7.44. The minimum absolute atomic E-state index is 0.0549. The van der Waals surface area contributed by atoms with Crippen molar-refractivity contribution in [2.24, 2.45) is 0 Å². The van der Waals surface area contributed by atoms with Gasteiger partial charge in [-0.1, -0.05) is 22.0 Å². The number of ether oxygens (including phenoxy) is 1. The average molecular weight is 327 g/mol. The molecule has 2 aromatic carbocycles. The number of aryl methyl sites for hydroxylation is 2. The highest BCUT2D eigenvalue weighted by Crippen LogP contribution is 2.27. The van der Waals surface area contributed by atoms with Gasteiger partial charge < -0.3 is 4.74 Å². The zero-order valence-electron chi connectivity index (χ0n) is 10.6. The average Bonchev–Trinajstić information content (AvgIpc) is 2.35. The Morgan fingerprint density at radius 2 is 1.58 bits per heavy atom. The maximum atomic E-state index is 13.4. The van der Waals surface area contributed by atoms with Gasteiger partial charge in [0.05, 0.1) is 5.56 Å². The Morgan fingerprint density at radius 3 is 2.11 bits per heavy atom. The number of hydrogen-bond donors (Lipinski definition) is 0. The van der Waals surface area contributed by atoms with Crippen LogP contribution in [0.1, 0.15) is 16.7 Å². The maximum Gasteiger partial charge on any atom is 0.132 e. The molecule has 0 radical (unpaired) electrons. The Labute approximate surface area is 119 Å². The van der Waals surface area contributed by atoms with Crippen LogP contribution >= 0.6 is 15.9 Å². The molecule has 0 unspecified atom stereocenters. The van der Waals surface area contributed by atoms with Crippen molar-refractivity contribution in [3.8, 4) is 5.75 Å². The standard InChI is InChI=1S/C15H13BrF2O/c1-9-6-11(7-10(2)15(9)16)19-8-12-13(17)4-3-5-14(12)18/h3-7H,8H2,1-2H3. The van der Waals surface area contributed by atoms with Crippen LogP contribution in [0.25, 0.3) is 0 Å². The Morgan fingerprint density at radius 1 is 1.05 bits per heavy atom. The molecule has 100 valence electrons. The Hall–Kier alpha value is -1.42. The van der Waals surface area contributed by atoms with E-state index in [4.69, 9.17) is 4.74 Å². The minimum Gasteiger partial charge on any atom is -0.489 e. The van der Waals surface area contributed by atoms with Crippen molar-refractivity contribution < 1.29 is 13.5 Å². The van der Waals surface area contributed by atoms with Gasteiger partial charge in [-0.25, -0.2) is 8.78 Å². The fourth-order valence-corrected chi connectivity index (χ4v) is 2.04. The zero-order chi connectivity index (χ0) is 14.0. The van der Waals surface area contributed by atoms with Crippen molar-refractivity contribution in [1.29, 1.82) is 0 Å². The van der Waals surface area contributed by atoms with Crippen LogP contribution in [0.4, 0.5) is 8.78 Å². The molecular weight excluding hydrogens is 314 g/mol. The van der Waals surface area contributed by atoms with Gasteiger partial charge in [-0.05, 0) is 49.2 Å². The molecule has 0 heterocycles. The van der Waals surface area contributed by atoms with Gasteiger partial charge in [0.15, 0.2) is 0 Å². The lowest BCUT2D eigenvalue weighted by Gasteiger charge is -2.11. The second-order valence-electron chi connectivity index (χ2n) is 4.36. The molecule has 1 nitrogen and oxygen atoms in total. The predicted molar refractivity (Wildman–Crippen MR) is 74.3 cm³/mol. The molecule has 19 heavy (non-hydrogen) atoms. The van der Waals surface area contributed by atoms with Gasteiger partial charge in [-0.2, -0.15) is 0 Å². The summed E-state index contributed by atoms with van der Waals surface area (Å²) in [4.78, 5) is 0. The molecular formula is C15H13BrF2O. The monoisotopic (exact) mass is 326 g/mol. The first kappa shape index (κ1) is 14.0. The van der Waals surface area contributed by atoms with Crippen LogP contribution in [-0.4, -0.2) is 0 Å². The number of halogens is 3. The molecule has 0 spiro atoms. The van der Waals surface area contributed by atoms with E-state index >= 15 is 0 Å². The second-order valence-corrected chi connectivity index (χ2v) is 5.15. The van der Waals surface area contributed by atoms with Crippen molar-refractivity contribution in [2.45, 2.75) is 20.5 Å². The SMILES string of the molecule is Cc1cc(OCc2c(F)cccc2F)cc(C)c1Br. The van der Waals surface area contributed by atoms with Crippen molar-refractivity contribution in [1.82, 2.24) is 0 Å². The molecule has 2 aromatic rings. The second kappa shape index (κ2) is 5.70. The molecule has 0 bridgehead atoms. The quantitative estimate of drug-likeness (QED) is 0.777. The van der Waals surface area contributed by atoms with Crippen molar-refractivity contribution >= 4 is 15.9 Å². The fourth-order valence-electron chi connectivity index (χ4n) is 1.82. The van der Waals surface area contributed by atoms with E-state index < -0.39 is 11.6 Å². The van der Waals surface area contributed by atoms with E-state index in [1.165, 1.54) is 18.2 Å². The van der Waals surface area contributed by atoms with E-state index in [1.807, 2.05) is 26.0 Å². The molecule has 0 saturated carbocycles. The van der Waals surface area contributed by atoms with Gasteiger partial charge in [0.2, 0.25) is 0 Å². The third-order valence-electron chi connectivity index (χ3n) is 2.85. The molecule has 0 aromatic heterocycles. The molecule has 0 aliphatic carbocycles. The summed E-state index contributed by atoms with van der Waals surface area (Å²) in [6.07, 6.45) is 0. The summed E-state index contributed by atoms with van der Waals surface area (Å²) >= 11 is 3.46. The summed E-state index contributed by atoms with van der Waals surface area (Å²) in [5, 5.41) is 0. The highest BCUT2D eigenvalue weighted by atomic mass is 79.9. The van der Waals surface area contributed by atoms with Crippen LogP contribution in [0, 0.1) is 25.5 Å². The van der Waals surface area contributed by atoms with Gasteiger partial charge in [-0.15, -0.1) is 0 Å². The predicted octanol–water partition coefficient (Wildman–Crippen LogP) is 4.92. The normalized spacial score (nSPS) is 10.6. The first-order valence-electron chi connectivity index (χ1n) is 5.81. The summed E-state index contributed by atoms with van der Waals surface area (Å²) < 4.78 is 33.4. The van der Waals surface area contributed by atoms with Crippen molar-refractivity contribution in [3.05, 3.63) is 63.1 Å². The number of rotatable bonds is 3. The lowest BCUT2D eigenvalue weighted by molar-refractivity contribution is 0.292. The van der Waals surface area contributed by atoms with Crippen LogP contribution in [0.5, 0.6) is 5.75 Å². The van der Waals surface area contributed by atoms with Crippen LogP contribution in [0.3, 0.4) is 0 Å². The van der Waals surface area contributed by atoms with E-state index in [-0.39, 0.29) is 12.2 Å². The number of hydrogen-bond acceptors (Lipinski definition) is 1. The van der Waals surface area contributed by atoms with Crippen LogP contribution in [0.15, 0.2) is 34.8 Å². The largest absolute Gasteiger partial charge is 0.489 e. The van der Waals surface area contributed by atoms with E-state index in [0.717, 1.165) is 15.6 Å².